The quantitative estimate of drug-likeness (QED) is 0.354. The van der Waals surface area contributed by atoms with Crippen molar-refractivity contribution in [1.82, 2.24) is 15.5 Å². The van der Waals surface area contributed by atoms with Crippen LogP contribution in [0.2, 0.25) is 0 Å². The molecule has 0 bridgehead atoms. The van der Waals surface area contributed by atoms with E-state index in [-0.39, 0.29) is 24.0 Å². The molecule has 8 heteroatoms. The molecule has 2 heterocycles. The van der Waals surface area contributed by atoms with Gasteiger partial charge < -0.3 is 15.4 Å². The fourth-order valence-electron chi connectivity index (χ4n) is 2.52. The van der Waals surface area contributed by atoms with Gasteiger partial charge in [0.15, 0.2) is 5.96 Å². The molecule has 1 aliphatic rings. The van der Waals surface area contributed by atoms with Gasteiger partial charge in [-0.25, -0.2) is 0 Å². The topological polar surface area (TPSA) is 48.9 Å². The summed E-state index contributed by atoms with van der Waals surface area (Å²) in [5, 5.41) is 9.61. The number of aliphatic imine (C=N–C) groups is 1. The van der Waals surface area contributed by atoms with Crippen LogP contribution in [-0.2, 0) is 4.74 Å². The maximum absolute atomic E-state index is 5.49. The van der Waals surface area contributed by atoms with Gasteiger partial charge in [-0.3, -0.25) is 9.89 Å². The minimum atomic E-state index is 0. The summed E-state index contributed by atoms with van der Waals surface area (Å²) in [4.78, 5) is 8.23. The number of morpholine rings is 1. The van der Waals surface area contributed by atoms with Crippen LogP contribution in [0.4, 0.5) is 0 Å². The lowest BCUT2D eigenvalue weighted by Gasteiger charge is -2.34. The molecule has 2 rings (SSSR count). The minimum absolute atomic E-state index is 0. The molecule has 0 aromatic carbocycles. The van der Waals surface area contributed by atoms with Crippen LogP contribution in [-0.4, -0.2) is 68.8 Å². The fraction of sp³-hybridized carbons (Fsp3) is 0.688. The highest BCUT2D eigenvalue weighted by atomic mass is 127. The van der Waals surface area contributed by atoms with Gasteiger partial charge in [-0.1, -0.05) is 13.0 Å². The number of thioether (sulfide) groups is 1. The van der Waals surface area contributed by atoms with Gasteiger partial charge in [0.05, 0.1) is 19.3 Å². The average Bonchev–Trinajstić information content (AvgIpc) is 3.12. The molecule has 2 N–H and O–H groups in total. The number of halogens is 1. The van der Waals surface area contributed by atoms with Crippen molar-refractivity contribution < 1.29 is 4.74 Å². The van der Waals surface area contributed by atoms with Gasteiger partial charge in [0.1, 0.15) is 0 Å². The number of hydrogen-bond acceptors (Lipinski definition) is 5. The summed E-state index contributed by atoms with van der Waals surface area (Å²) in [6, 6.07) is 4.72. The standard InChI is InChI=1S/C16H28N4OS2.HI/c1-13(22-3)11-18-16(17-2)19-12-14(15-5-4-10-23-15)20-6-8-21-9-7-20;/h4-5,10,13-14H,6-9,11-12H2,1-3H3,(H2,17,18,19);1H. The van der Waals surface area contributed by atoms with Crippen molar-refractivity contribution in [1.29, 1.82) is 0 Å². The Morgan fingerprint density at radius 3 is 2.67 bits per heavy atom. The van der Waals surface area contributed by atoms with Crippen LogP contribution in [0.25, 0.3) is 0 Å². The highest BCUT2D eigenvalue weighted by Crippen LogP contribution is 2.25. The maximum Gasteiger partial charge on any atom is 0.191 e. The van der Waals surface area contributed by atoms with Gasteiger partial charge >= 0.3 is 0 Å². The summed E-state index contributed by atoms with van der Waals surface area (Å²) in [5.41, 5.74) is 0. The van der Waals surface area contributed by atoms with Crippen LogP contribution in [0.15, 0.2) is 22.5 Å². The van der Waals surface area contributed by atoms with Crippen molar-refractivity contribution in [3.05, 3.63) is 22.4 Å². The van der Waals surface area contributed by atoms with E-state index in [4.69, 9.17) is 4.74 Å². The first-order chi connectivity index (χ1) is 11.2. The number of hydrogen-bond donors (Lipinski definition) is 2. The molecule has 24 heavy (non-hydrogen) atoms. The Balaban J connectivity index is 0.00000288. The number of nitrogens with zero attached hydrogens (tertiary/aromatic N) is 2. The van der Waals surface area contributed by atoms with E-state index in [1.165, 1.54) is 4.88 Å². The van der Waals surface area contributed by atoms with E-state index in [1.807, 2.05) is 30.1 Å². The van der Waals surface area contributed by atoms with Crippen molar-refractivity contribution in [3.8, 4) is 0 Å². The summed E-state index contributed by atoms with van der Waals surface area (Å²) in [7, 11) is 1.83. The van der Waals surface area contributed by atoms with Crippen LogP contribution < -0.4 is 10.6 Å². The summed E-state index contributed by atoms with van der Waals surface area (Å²) < 4.78 is 5.49. The largest absolute Gasteiger partial charge is 0.379 e. The Kier molecular flexibility index (Phi) is 11.3. The predicted molar refractivity (Wildman–Crippen MR) is 117 cm³/mol. The van der Waals surface area contributed by atoms with E-state index < -0.39 is 0 Å². The van der Waals surface area contributed by atoms with Gasteiger partial charge in [-0.05, 0) is 17.7 Å². The number of nitrogens with one attached hydrogen (secondary N) is 2. The monoisotopic (exact) mass is 484 g/mol. The number of ether oxygens (including phenoxy) is 1. The molecule has 1 aromatic heterocycles. The van der Waals surface area contributed by atoms with Crippen molar-refractivity contribution in [2.75, 3.05) is 52.7 Å². The van der Waals surface area contributed by atoms with Crippen LogP contribution >= 0.6 is 47.1 Å². The van der Waals surface area contributed by atoms with E-state index in [0.717, 1.165) is 45.4 Å². The summed E-state index contributed by atoms with van der Waals surface area (Å²) in [5.74, 6) is 0.876. The molecule has 1 fully saturated rings. The Morgan fingerprint density at radius 1 is 1.38 bits per heavy atom. The smallest absolute Gasteiger partial charge is 0.191 e. The van der Waals surface area contributed by atoms with Gasteiger partial charge in [-0.2, -0.15) is 11.8 Å². The van der Waals surface area contributed by atoms with E-state index in [9.17, 15) is 0 Å². The van der Waals surface area contributed by atoms with Gasteiger partial charge in [0.25, 0.3) is 0 Å². The van der Waals surface area contributed by atoms with Crippen molar-refractivity contribution in [3.63, 3.8) is 0 Å². The Hall–Kier alpha value is -0.0300. The SMILES string of the molecule is CN=C(NCC(C)SC)NCC(c1cccs1)N1CCOCC1.I. The summed E-state index contributed by atoms with van der Waals surface area (Å²) >= 11 is 3.68. The van der Waals surface area contributed by atoms with Gasteiger partial charge in [-0.15, -0.1) is 35.3 Å². The second-order valence-electron chi connectivity index (χ2n) is 5.56. The summed E-state index contributed by atoms with van der Waals surface area (Å²) in [6.07, 6.45) is 2.13. The van der Waals surface area contributed by atoms with E-state index in [1.54, 1.807) is 0 Å². The zero-order valence-corrected chi connectivity index (χ0v) is 18.6. The molecular formula is C16H29IN4OS2. The molecule has 0 amide bonds. The highest BCUT2D eigenvalue weighted by molar-refractivity contribution is 14.0. The first-order valence-electron chi connectivity index (χ1n) is 8.07. The molecule has 1 saturated heterocycles. The van der Waals surface area contributed by atoms with Gasteiger partial charge in [0.2, 0.25) is 0 Å². The minimum Gasteiger partial charge on any atom is -0.379 e. The number of rotatable bonds is 7. The molecule has 0 aliphatic carbocycles. The van der Waals surface area contributed by atoms with Crippen LogP contribution in [0, 0.1) is 0 Å². The molecule has 2 unspecified atom stereocenters. The highest BCUT2D eigenvalue weighted by Gasteiger charge is 2.23. The van der Waals surface area contributed by atoms with Crippen LogP contribution in [0.1, 0.15) is 17.8 Å². The lowest BCUT2D eigenvalue weighted by molar-refractivity contribution is 0.0177. The molecule has 0 saturated carbocycles. The Bertz CT molecular complexity index is 467. The lowest BCUT2D eigenvalue weighted by atomic mass is 10.2. The molecule has 2 atom stereocenters. The molecule has 0 spiro atoms. The zero-order chi connectivity index (χ0) is 16.5. The van der Waals surface area contributed by atoms with Crippen molar-refractivity contribution >= 4 is 53.0 Å². The van der Waals surface area contributed by atoms with E-state index in [2.05, 4.69) is 51.2 Å². The van der Waals surface area contributed by atoms with Crippen molar-refractivity contribution in [2.45, 2.75) is 18.2 Å². The van der Waals surface area contributed by atoms with Gasteiger partial charge in [0, 0.05) is 43.4 Å². The lowest BCUT2D eigenvalue weighted by Crippen LogP contribution is -2.46. The van der Waals surface area contributed by atoms with Crippen LogP contribution in [0.3, 0.4) is 0 Å². The molecule has 138 valence electrons. The van der Waals surface area contributed by atoms with E-state index in [0.29, 0.717) is 11.3 Å². The normalized spacial score (nSPS) is 18.5. The van der Waals surface area contributed by atoms with Crippen molar-refractivity contribution in [2.24, 2.45) is 4.99 Å². The molecule has 5 nitrogen and oxygen atoms in total. The first kappa shape index (κ1) is 22.0. The molecule has 1 aromatic rings. The third kappa shape index (κ3) is 7.07. The number of guanidine groups is 1. The van der Waals surface area contributed by atoms with Crippen LogP contribution in [0.5, 0.6) is 0 Å². The Morgan fingerprint density at radius 2 is 2.08 bits per heavy atom. The third-order valence-corrected chi connectivity index (χ3v) is 5.95. The maximum atomic E-state index is 5.49. The Labute approximate surface area is 171 Å². The fourth-order valence-corrected chi connectivity index (χ4v) is 3.63. The number of thiophene rings is 1. The third-order valence-electron chi connectivity index (χ3n) is 4.00. The molecule has 1 aliphatic heterocycles. The second-order valence-corrected chi connectivity index (χ2v) is 7.82. The predicted octanol–water partition coefficient (Wildman–Crippen LogP) is 2.66. The second kappa shape index (κ2) is 12.3. The average molecular weight is 484 g/mol. The molecule has 0 radical (unpaired) electrons. The zero-order valence-electron chi connectivity index (χ0n) is 14.7. The summed E-state index contributed by atoms with van der Waals surface area (Å²) in [6.45, 7) is 7.60. The van der Waals surface area contributed by atoms with E-state index >= 15 is 0 Å². The molecular weight excluding hydrogens is 455 g/mol. The first-order valence-corrected chi connectivity index (χ1v) is 10.2.